The molecular weight excluding hydrogens is 246 g/mol. The van der Waals surface area contributed by atoms with Crippen LogP contribution in [0.25, 0.3) is 0 Å². The Labute approximate surface area is 113 Å². The number of anilines is 2. The molecule has 0 radical (unpaired) electrons. The average molecular weight is 269 g/mol. The van der Waals surface area contributed by atoms with Gasteiger partial charge in [-0.25, -0.2) is 0 Å². The highest BCUT2D eigenvalue weighted by Gasteiger charge is 2.24. The molecule has 108 valence electrons. The van der Waals surface area contributed by atoms with Gasteiger partial charge in [0.25, 0.3) is 0 Å². The Kier molecular flexibility index (Phi) is 5.02. The minimum Gasteiger partial charge on any atom is -0.394 e. The predicted octanol–water partition coefficient (Wildman–Crippen LogP) is 0.216. The lowest BCUT2D eigenvalue weighted by Crippen LogP contribution is -2.43. The highest BCUT2D eigenvalue weighted by molar-refractivity contribution is 5.38. The molecule has 0 unspecified atom stereocenters. The topological polar surface area (TPSA) is 94.4 Å². The Morgan fingerprint density at radius 1 is 1.16 bits per heavy atom. The van der Waals surface area contributed by atoms with E-state index in [9.17, 15) is 10.2 Å². The van der Waals surface area contributed by atoms with Gasteiger partial charge in [0.05, 0.1) is 18.8 Å². The van der Waals surface area contributed by atoms with Gasteiger partial charge in [-0.1, -0.05) is 13.8 Å². The van der Waals surface area contributed by atoms with Crippen LogP contribution in [0, 0.1) is 0 Å². The van der Waals surface area contributed by atoms with Gasteiger partial charge in [0.15, 0.2) is 0 Å². The third kappa shape index (κ3) is 4.00. The fraction of sp³-hybridized carbons (Fsp3) is 0.750. The van der Waals surface area contributed by atoms with Crippen LogP contribution in [0.4, 0.5) is 11.9 Å². The first-order chi connectivity index (χ1) is 8.81. The van der Waals surface area contributed by atoms with Crippen LogP contribution in [0.3, 0.4) is 0 Å². The van der Waals surface area contributed by atoms with Gasteiger partial charge in [0.1, 0.15) is 5.82 Å². The molecule has 0 atom stereocenters. The monoisotopic (exact) mass is 269 g/mol. The summed E-state index contributed by atoms with van der Waals surface area (Å²) in [7, 11) is 3.70. The SMILES string of the molecule is CC(C)c1nc(NC(C)(CO)CO)nc(N(C)C)n1. The molecule has 0 saturated carbocycles. The van der Waals surface area contributed by atoms with E-state index in [4.69, 9.17) is 0 Å². The molecule has 0 spiro atoms. The molecule has 0 saturated heterocycles. The lowest BCUT2D eigenvalue weighted by atomic mass is 10.1. The fourth-order valence-corrected chi connectivity index (χ4v) is 1.29. The summed E-state index contributed by atoms with van der Waals surface area (Å²) in [6, 6.07) is 0. The maximum atomic E-state index is 9.30. The molecule has 1 aromatic rings. The van der Waals surface area contributed by atoms with Crippen LogP contribution < -0.4 is 10.2 Å². The maximum Gasteiger partial charge on any atom is 0.229 e. The van der Waals surface area contributed by atoms with Gasteiger partial charge in [-0.2, -0.15) is 15.0 Å². The van der Waals surface area contributed by atoms with Crippen molar-refractivity contribution in [3.05, 3.63) is 5.82 Å². The molecule has 19 heavy (non-hydrogen) atoms. The van der Waals surface area contributed by atoms with Crippen LogP contribution in [-0.2, 0) is 0 Å². The smallest absolute Gasteiger partial charge is 0.229 e. The van der Waals surface area contributed by atoms with Crippen molar-refractivity contribution in [2.75, 3.05) is 37.5 Å². The van der Waals surface area contributed by atoms with Crippen molar-refractivity contribution in [2.45, 2.75) is 32.2 Å². The normalized spacial score (nSPS) is 11.8. The van der Waals surface area contributed by atoms with E-state index in [1.165, 1.54) is 0 Å². The first-order valence-electron chi connectivity index (χ1n) is 6.24. The zero-order valence-corrected chi connectivity index (χ0v) is 12.2. The molecule has 0 fully saturated rings. The molecule has 0 aliphatic heterocycles. The Morgan fingerprint density at radius 3 is 2.16 bits per heavy atom. The summed E-state index contributed by atoms with van der Waals surface area (Å²) in [5.74, 6) is 1.73. The van der Waals surface area contributed by atoms with Crippen molar-refractivity contribution in [3.8, 4) is 0 Å². The van der Waals surface area contributed by atoms with E-state index in [0.29, 0.717) is 17.7 Å². The number of aliphatic hydroxyl groups excluding tert-OH is 2. The van der Waals surface area contributed by atoms with Crippen LogP contribution in [0.15, 0.2) is 0 Å². The Morgan fingerprint density at radius 2 is 1.74 bits per heavy atom. The van der Waals surface area contributed by atoms with Crippen LogP contribution in [0.1, 0.15) is 32.5 Å². The zero-order chi connectivity index (χ0) is 14.6. The molecular formula is C12H23N5O2. The molecule has 1 rings (SSSR count). The van der Waals surface area contributed by atoms with Crippen molar-refractivity contribution in [3.63, 3.8) is 0 Å². The number of aromatic nitrogens is 3. The third-order valence-electron chi connectivity index (χ3n) is 2.67. The van der Waals surface area contributed by atoms with Gasteiger partial charge < -0.3 is 20.4 Å². The van der Waals surface area contributed by atoms with Gasteiger partial charge in [-0.3, -0.25) is 0 Å². The van der Waals surface area contributed by atoms with Crippen LogP contribution in [0.5, 0.6) is 0 Å². The summed E-state index contributed by atoms with van der Waals surface area (Å²) in [4.78, 5) is 14.7. The van der Waals surface area contributed by atoms with Gasteiger partial charge in [0, 0.05) is 20.0 Å². The van der Waals surface area contributed by atoms with E-state index in [0.717, 1.165) is 0 Å². The second kappa shape index (κ2) is 6.12. The Hall–Kier alpha value is -1.47. The van der Waals surface area contributed by atoms with Crippen molar-refractivity contribution >= 4 is 11.9 Å². The Balaban J connectivity index is 3.13. The van der Waals surface area contributed by atoms with Crippen LogP contribution in [0.2, 0.25) is 0 Å². The number of aliphatic hydroxyl groups is 2. The van der Waals surface area contributed by atoms with Gasteiger partial charge in [0.2, 0.25) is 11.9 Å². The van der Waals surface area contributed by atoms with Crippen molar-refractivity contribution in [1.82, 2.24) is 15.0 Å². The van der Waals surface area contributed by atoms with Gasteiger partial charge in [-0.05, 0) is 6.92 Å². The highest BCUT2D eigenvalue weighted by atomic mass is 16.3. The fourth-order valence-electron chi connectivity index (χ4n) is 1.29. The molecule has 0 aliphatic carbocycles. The van der Waals surface area contributed by atoms with E-state index in [1.54, 1.807) is 11.8 Å². The van der Waals surface area contributed by atoms with E-state index in [1.807, 2.05) is 27.9 Å². The number of nitrogens with one attached hydrogen (secondary N) is 1. The van der Waals surface area contributed by atoms with Crippen molar-refractivity contribution < 1.29 is 10.2 Å². The maximum absolute atomic E-state index is 9.30. The van der Waals surface area contributed by atoms with Crippen LogP contribution in [-0.4, -0.2) is 58.0 Å². The summed E-state index contributed by atoms with van der Waals surface area (Å²) < 4.78 is 0. The molecule has 3 N–H and O–H groups in total. The number of hydrogen-bond acceptors (Lipinski definition) is 7. The van der Waals surface area contributed by atoms with Crippen molar-refractivity contribution in [2.24, 2.45) is 0 Å². The average Bonchev–Trinajstić information content (AvgIpc) is 2.38. The lowest BCUT2D eigenvalue weighted by molar-refractivity contribution is 0.147. The summed E-state index contributed by atoms with van der Waals surface area (Å²) in [6.45, 7) is 5.25. The first kappa shape index (κ1) is 15.6. The highest BCUT2D eigenvalue weighted by Crippen LogP contribution is 2.17. The molecule has 0 amide bonds. The Bertz CT molecular complexity index is 392. The van der Waals surface area contributed by atoms with E-state index >= 15 is 0 Å². The summed E-state index contributed by atoms with van der Waals surface area (Å²) in [5, 5.41) is 21.6. The molecule has 0 aromatic carbocycles. The number of rotatable bonds is 6. The second-order valence-electron chi connectivity index (χ2n) is 5.37. The number of hydrogen-bond donors (Lipinski definition) is 3. The largest absolute Gasteiger partial charge is 0.394 e. The molecule has 1 aromatic heterocycles. The third-order valence-corrected chi connectivity index (χ3v) is 2.67. The second-order valence-corrected chi connectivity index (χ2v) is 5.37. The molecule has 7 heteroatoms. The lowest BCUT2D eigenvalue weighted by Gasteiger charge is -2.26. The predicted molar refractivity (Wildman–Crippen MR) is 74.4 cm³/mol. The molecule has 0 aliphatic rings. The van der Waals surface area contributed by atoms with Crippen molar-refractivity contribution in [1.29, 1.82) is 0 Å². The quantitative estimate of drug-likeness (QED) is 0.680. The van der Waals surface area contributed by atoms with Gasteiger partial charge in [-0.15, -0.1) is 0 Å². The molecule has 7 nitrogen and oxygen atoms in total. The summed E-state index contributed by atoms with van der Waals surface area (Å²) in [6.07, 6.45) is 0. The number of nitrogens with zero attached hydrogens (tertiary/aromatic N) is 4. The summed E-state index contributed by atoms with van der Waals surface area (Å²) in [5.41, 5.74) is -0.862. The first-order valence-corrected chi connectivity index (χ1v) is 6.24. The minimum atomic E-state index is -0.862. The minimum absolute atomic E-state index is 0.164. The van der Waals surface area contributed by atoms with E-state index in [-0.39, 0.29) is 19.1 Å². The van der Waals surface area contributed by atoms with Gasteiger partial charge >= 0.3 is 0 Å². The molecule has 1 heterocycles. The molecule has 0 bridgehead atoms. The summed E-state index contributed by atoms with van der Waals surface area (Å²) >= 11 is 0. The van der Waals surface area contributed by atoms with Crippen LogP contribution >= 0.6 is 0 Å². The van der Waals surface area contributed by atoms with E-state index in [2.05, 4.69) is 20.3 Å². The standard InChI is InChI=1S/C12H23N5O2/c1-8(2)9-13-10(15-11(14-9)17(4)5)16-12(3,6-18)7-19/h8,18-19H,6-7H2,1-5H3,(H,13,14,15,16). The van der Waals surface area contributed by atoms with E-state index < -0.39 is 5.54 Å². The zero-order valence-electron chi connectivity index (χ0n) is 12.2.